The van der Waals surface area contributed by atoms with E-state index in [0.29, 0.717) is 0 Å². The molecular formula is C28H29N5O. The fourth-order valence-electron chi connectivity index (χ4n) is 5.07. The summed E-state index contributed by atoms with van der Waals surface area (Å²) in [5.74, 6) is 1.04. The van der Waals surface area contributed by atoms with Gasteiger partial charge in [0, 0.05) is 51.2 Å². The topological polar surface area (TPSA) is 39.0 Å². The first-order valence-electron chi connectivity index (χ1n) is 11.9. The largest absolute Gasteiger partial charge is 0.464 e. The average molecular weight is 452 g/mol. The van der Waals surface area contributed by atoms with E-state index in [0.717, 1.165) is 74.0 Å². The number of rotatable bonds is 6. The van der Waals surface area contributed by atoms with E-state index in [1.807, 2.05) is 24.4 Å². The Morgan fingerprint density at radius 2 is 1.62 bits per heavy atom. The van der Waals surface area contributed by atoms with Crippen LogP contribution in [0.4, 0.5) is 17.2 Å². The zero-order valence-electron chi connectivity index (χ0n) is 19.3. The van der Waals surface area contributed by atoms with Crippen LogP contribution in [0.25, 0.3) is 16.7 Å². The number of anilines is 3. The lowest BCUT2D eigenvalue weighted by Crippen LogP contribution is -2.49. The molecule has 0 radical (unpaired) electrons. The number of hydrogen-bond acceptors (Lipinski definition) is 6. The molecule has 1 saturated heterocycles. The molecule has 6 nitrogen and oxygen atoms in total. The molecule has 2 aromatic carbocycles. The lowest BCUT2D eigenvalue weighted by molar-refractivity contribution is 0.263. The maximum atomic E-state index is 5.56. The predicted molar refractivity (Wildman–Crippen MR) is 139 cm³/mol. The molecule has 6 rings (SSSR count). The van der Waals surface area contributed by atoms with E-state index in [2.05, 4.69) is 79.7 Å². The Labute approximate surface area is 200 Å². The van der Waals surface area contributed by atoms with Crippen molar-refractivity contribution in [2.45, 2.75) is 0 Å². The number of nitrogens with zero attached hydrogens (tertiary/aromatic N) is 5. The van der Waals surface area contributed by atoms with Crippen molar-refractivity contribution in [3.63, 3.8) is 0 Å². The van der Waals surface area contributed by atoms with Crippen LogP contribution in [-0.4, -0.2) is 55.8 Å². The van der Waals surface area contributed by atoms with Crippen LogP contribution in [0.5, 0.6) is 0 Å². The van der Waals surface area contributed by atoms with E-state index >= 15 is 0 Å². The van der Waals surface area contributed by atoms with E-state index in [1.165, 1.54) is 11.4 Å². The zero-order chi connectivity index (χ0) is 22.9. The Hall–Kier alpha value is -3.77. The molecular weight excluding hydrogens is 422 g/mol. The second kappa shape index (κ2) is 8.88. The van der Waals surface area contributed by atoms with Gasteiger partial charge in [0.05, 0.1) is 29.7 Å². The summed E-state index contributed by atoms with van der Waals surface area (Å²) in [5, 5.41) is 1.10. The van der Waals surface area contributed by atoms with Gasteiger partial charge in [-0.3, -0.25) is 4.90 Å². The molecule has 0 saturated carbocycles. The van der Waals surface area contributed by atoms with Gasteiger partial charge in [-0.15, -0.1) is 0 Å². The van der Waals surface area contributed by atoms with Crippen molar-refractivity contribution in [3.8, 4) is 0 Å². The number of aromatic nitrogens is 1. The Morgan fingerprint density at radius 1 is 0.853 bits per heavy atom. The summed E-state index contributed by atoms with van der Waals surface area (Å²) in [7, 11) is 0. The molecule has 0 atom stereocenters. The molecule has 172 valence electrons. The number of piperazine rings is 1. The van der Waals surface area contributed by atoms with Gasteiger partial charge in [-0.05, 0) is 29.8 Å². The first-order valence-corrected chi connectivity index (χ1v) is 11.9. The summed E-state index contributed by atoms with van der Waals surface area (Å²) < 4.78 is 5.56. The molecule has 0 N–H and O–H groups in total. The molecule has 0 unspecified atom stereocenters. The molecule has 2 aromatic heterocycles. The van der Waals surface area contributed by atoms with Crippen LogP contribution in [0.2, 0.25) is 0 Å². The van der Waals surface area contributed by atoms with Gasteiger partial charge >= 0.3 is 0 Å². The van der Waals surface area contributed by atoms with Gasteiger partial charge in [0.25, 0.3) is 0 Å². The van der Waals surface area contributed by atoms with Crippen LogP contribution in [0.3, 0.4) is 0 Å². The second-order valence-electron chi connectivity index (χ2n) is 8.93. The minimum absolute atomic E-state index is 0.833. The smallest absolute Gasteiger partial charge is 0.139 e. The van der Waals surface area contributed by atoms with Gasteiger partial charge in [-0.25, -0.2) is 4.98 Å². The van der Waals surface area contributed by atoms with E-state index in [9.17, 15) is 0 Å². The Bertz CT molecular complexity index is 1290. The van der Waals surface area contributed by atoms with Crippen LogP contribution < -0.4 is 14.7 Å². The Kier molecular flexibility index (Phi) is 5.43. The normalized spacial score (nSPS) is 16.3. The summed E-state index contributed by atoms with van der Waals surface area (Å²) in [6.07, 6.45) is 3.59. The molecule has 0 aliphatic carbocycles. The van der Waals surface area contributed by atoms with Crippen molar-refractivity contribution in [3.05, 3.63) is 91.3 Å². The number of pyridine rings is 1. The van der Waals surface area contributed by atoms with E-state index < -0.39 is 0 Å². The summed E-state index contributed by atoms with van der Waals surface area (Å²) in [6, 6.07) is 23.1. The van der Waals surface area contributed by atoms with Gasteiger partial charge in [-0.1, -0.05) is 49.0 Å². The van der Waals surface area contributed by atoms with Crippen LogP contribution >= 0.6 is 0 Å². The van der Waals surface area contributed by atoms with Gasteiger partial charge in [0.15, 0.2) is 0 Å². The number of benzene rings is 2. The predicted octanol–water partition coefficient (Wildman–Crippen LogP) is 4.90. The molecule has 4 aromatic rings. The molecule has 0 spiro atoms. The van der Waals surface area contributed by atoms with Crippen molar-refractivity contribution in [1.82, 2.24) is 9.88 Å². The van der Waals surface area contributed by atoms with Crippen molar-refractivity contribution in [2.24, 2.45) is 0 Å². The number of para-hydroxylation sites is 2. The maximum Gasteiger partial charge on any atom is 0.139 e. The van der Waals surface area contributed by atoms with Gasteiger partial charge < -0.3 is 19.1 Å². The lowest BCUT2D eigenvalue weighted by atomic mass is 10.1. The molecule has 1 fully saturated rings. The third kappa shape index (κ3) is 3.80. The average Bonchev–Trinajstić information content (AvgIpc) is 3.53. The van der Waals surface area contributed by atoms with E-state index in [1.54, 1.807) is 6.26 Å². The van der Waals surface area contributed by atoms with Gasteiger partial charge in [0.1, 0.15) is 11.4 Å². The van der Waals surface area contributed by atoms with Crippen molar-refractivity contribution >= 4 is 33.9 Å². The summed E-state index contributed by atoms with van der Waals surface area (Å²) in [4.78, 5) is 14.4. The summed E-state index contributed by atoms with van der Waals surface area (Å²) >= 11 is 0. The maximum absolute atomic E-state index is 5.56. The highest BCUT2D eigenvalue weighted by Crippen LogP contribution is 2.39. The zero-order valence-corrected chi connectivity index (χ0v) is 19.3. The number of hydrogen-bond donors (Lipinski definition) is 0. The first kappa shape index (κ1) is 20.8. The number of fused-ring (bicyclic) bond motifs is 2. The Morgan fingerprint density at radius 3 is 2.44 bits per heavy atom. The van der Waals surface area contributed by atoms with E-state index in [4.69, 9.17) is 4.42 Å². The monoisotopic (exact) mass is 451 g/mol. The van der Waals surface area contributed by atoms with Crippen molar-refractivity contribution in [1.29, 1.82) is 0 Å². The molecule has 0 bridgehead atoms. The third-order valence-electron chi connectivity index (χ3n) is 6.97. The number of furan rings is 1. The highest BCUT2D eigenvalue weighted by Gasteiger charge is 2.28. The minimum Gasteiger partial charge on any atom is -0.464 e. The van der Waals surface area contributed by atoms with Gasteiger partial charge in [0.2, 0.25) is 0 Å². The van der Waals surface area contributed by atoms with Crippen molar-refractivity contribution < 1.29 is 4.42 Å². The van der Waals surface area contributed by atoms with Crippen LogP contribution in [-0.2, 0) is 0 Å². The summed E-state index contributed by atoms with van der Waals surface area (Å²) in [5.41, 5.74) is 5.64. The third-order valence-corrected chi connectivity index (χ3v) is 6.97. The van der Waals surface area contributed by atoms with E-state index in [-0.39, 0.29) is 0 Å². The highest BCUT2D eigenvalue weighted by atomic mass is 16.3. The fraction of sp³-hybridized carbons (Fsp3) is 0.250. The second-order valence-corrected chi connectivity index (χ2v) is 8.93. The minimum atomic E-state index is 0.833. The van der Waals surface area contributed by atoms with Gasteiger partial charge in [-0.2, -0.15) is 0 Å². The highest BCUT2D eigenvalue weighted by molar-refractivity contribution is 5.89. The van der Waals surface area contributed by atoms with Crippen LogP contribution in [0.1, 0.15) is 5.56 Å². The SMILES string of the molecule is C=C(c1ccccc1)N1CN(CCN2CCN(c3nccc4occc34)CC2)c2ccccc21. The Balaban J connectivity index is 1.10. The molecule has 2 aliphatic rings. The molecule has 6 heteroatoms. The quantitative estimate of drug-likeness (QED) is 0.415. The summed E-state index contributed by atoms with van der Waals surface area (Å²) in [6.45, 7) is 11.3. The first-order chi connectivity index (χ1) is 16.8. The van der Waals surface area contributed by atoms with Crippen LogP contribution in [0.15, 0.2) is 90.2 Å². The molecule has 0 amide bonds. The lowest BCUT2D eigenvalue weighted by Gasteiger charge is -2.36. The standard InChI is InChI=1S/C28H29N5O/c1-22(23-7-3-2-4-8-23)33-21-32(25-9-5-6-10-26(25)33)19-16-30-14-17-31(18-15-30)28-24-12-20-34-27(24)11-13-29-28/h2-13,20H,1,14-19,21H2. The van der Waals surface area contributed by atoms with Crippen molar-refractivity contribution in [2.75, 3.05) is 60.6 Å². The molecule has 34 heavy (non-hydrogen) atoms. The fourth-order valence-corrected chi connectivity index (χ4v) is 5.07. The molecule has 4 heterocycles. The van der Waals surface area contributed by atoms with Crippen LogP contribution in [0, 0.1) is 0 Å². The molecule has 2 aliphatic heterocycles.